The van der Waals surface area contributed by atoms with Gasteiger partial charge in [-0.15, -0.1) is 0 Å². The fourth-order valence-electron chi connectivity index (χ4n) is 2.80. The zero-order valence-electron chi connectivity index (χ0n) is 14.6. The molecule has 1 heterocycles. The number of carbonyl (C=O) groups is 1. The third kappa shape index (κ3) is 4.20. The summed E-state index contributed by atoms with van der Waals surface area (Å²) < 4.78 is 17.3. The Bertz CT molecular complexity index is 926. The van der Waals surface area contributed by atoms with Gasteiger partial charge in [0.2, 0.25) is 0 Å². The molecular formula is C22H19NO4. The molecule has 0 bridgehead atoms. The van der Waals surface area contributed by atoms with Gasteiger partial charge in [0.15, 0.2) is 11.5 Å². The molecule has 0 fully saturated rings. The number of fused-ring (bicyclic) bond motifs is 1. The summed E-state index contributed by atoms with van der Waals surface area (Å²) in [7, 11) is 0. The van der Waals surface area contributed by atoms with Crippen LogP contribution in [0.2, 0.25) is 0 Å². The fraction of sp³-hybridized carbons (Fsp3) is 0.136. The summed E-state index contributed by atoms with van der Waals surface area (Å²) in [5.74, 6) is 2.57. The second-order valence-electron chi connectivity index (χ2n) is 6.15. The van der Waals surface area contributed by atoms with E-state index in [-0.39, 0.29) is 12.0 Å². The quantitative estimate of drug-likeness (QED) is 0.745. The lowest BCUT2D eigenvalue weighted by atomic mass is 10.2. The average molecular weight is 361 g/mol. The van der Waals surface area contributed by atoms with Crippen molar-refractivity contribution in [1.29, 1.82) is 0 Å². The fourth-order valence-corrected chi connectivity index (χ4v) is 2.80. The Morgan fingerprint density at radius 2 is 1.67 bits per heavy atom. The topological polar surface area (TPSA) is 56.8 Å². The lowest BCUT2D eigenvalue weighted by molar-refractivity contribution is 0.0789. The van der Waals surface area contributed by atoms with Crippen molar-refractivity contribution < 1.29 is 19.0 Å². The number of rotatable bonds is 5. The zero-order chi connectivity index (χ0) is 18.5. The number of para-hydroxylation sites is 3. The maximum atomic E-state index is 12.5. The smallest absolute Gasteiger partial charge is 0.251 e. The van der Waals surface area contributed by atoms with E-state index in [1.807, 2.05) is 60.7 Å². The minimum absolute atomic E-state index is 0.184. The molecule has 0 radical (unpaired) electrons. The number of nitrogens with one attached hydrogen (secondary N) is 1. The molecule has 1 N–H and O–H groups in total. The van der Waals surface area contributed by atoms with Gasteiger partial charge in [-0.05, 0) is 42.5 Å². The van der Waals surface area contributed by atoms with Crippen molar-refractivity contribution in [3.8, 4) is 23.0 Å². The highest BCUT2D eigenvalue weighted by Crippen LogP contribution is 2.30. The van der Waals surface area contributed by atoms with Crippen LogP contribution in [-0.4, -0.2) is 25.2 Å². The van der Waals surface area contributed by atoms with Crippen LogP contribution in [0.5, 0.6) is 23.0 Å². The van der Waals surface area contributed by atoms with Crippen LogP contribution < -0.4 is 19.5 Å². The van der Waals surface area contributed by atoms with Crippen molar-refractivity contribution in [3.63, 3.8) is 0 Å². The Labute approximate surface area is 157 Å². The minimum Gasteiger partial charge on any atom is -0.486 e. The van der Waals surface area contributed by atoms with Crippen molar-refractivity contribution in [2.45, 2.75) is 6.10 Å². The molecule has 0 saturated carbocycles. The summed E-state index contributed by atoms with van der Waals surface area (Å²) in [5.41, 5.74) is 0.528. The number of hydrogen-bond donors (Lipinski definition) is 1. The number of hydrogen-bond acceptors (Lipinski definition) is 4. The molecule has 5 nitrogen and oxygen atoms in total. The Balaban J connectivity index is 1.35. The SMILES string of the molecule is O=C(NC[C@H]1COc2ccccc2O1)c1cccc(Oc2ccccc2)c1. The molecule has 1 amide bonds. The van der Waals surface area contributed by atoms with Gasteiger partial charge in [0.05, 0.1) is 6.54 Å². The summed E-state index contributed by atoms with van der Waals surface area (Å²) in [4.78, 5) is 12.5. The number of ether oxygens (including phenoxy) is 3. The standard InChI is InChI=1S/C22H19NO4/c24-22(23-14-19-15-25-20-11-4-5-12-21(20)27-19)16-7-6-10-18(13-16)26-17-8-2-1-3-9-17/h1-13,19H,14-15H2,(H,23,24)/t19-/m0/s1. The van der Waals surface area contributed by atoms with E-state index >= 15 is 0 Å². The zero-order valence-corrected chi connectivity index (χ0v) is 14.6. The van der Waals surface area contributed by atoms with Crippen molar-refractivity contribution in [3.05, 3.63) is 84.4 Å². The predicted octanol–water partition coefficient (Wildman–Crippen LogP) is 4.05. The van der Waals surface area contributed by atoms with Gasteiger partial charge < -0.3 is 19.5 Å². The highest BCUT2D eigenvalue weighted by molar-refractivity contribution is 5.94. The first-order valence-electron chi connectivity index (χ1n) is 8.77. The van der Waals surface area contributed by atoms with Gasteiger partial charge >= 0.3 is 0 Å². The molecule has 0 aromatic heterocycles. The minimum atomic E-state index is -0.229. The van der Waals surface area contributed by atoms with Gasteiger partial charge in [-0.25, -0.2) is 0 Å². The van der Waals surface area contributed by atoms with Crippen molar-refractivity contribution in [2.75, 3.05) is 13.2 Å². The molecule has 0 spiro atoms. The van der Waals surface area contributed by atoms with Crippen LogP contribution in [0.1, 0.15) is 10.4 Å². The van der Waals surface area contributed by atoms with E-state index < -0.39 is 0 Å². The lowest BCUT2D eigenvalue weighted by Crippen LogP contribution is -2.40. The third-order valence-electron chi connectivity index (χ3n) is 4.13. The highest BCUT2D eigenvalue weighted by atomic mass is 16.6. The van der Waals surface area contributed by atoms with Crippen molar-refractivity contribution >= 4 is 5.91 Å². The van der Waals surface area contributed by atoms with E-state index in [1.54, 1.807) is 18.2 Å². The summed E-state index contributed by atoms with van der Waals surface area (Å²) >= 11 is 0. The average Bonchev–Trinajstić information content (AvgIpc) is 2.73. The van der Waals surface area contributed by atoms with Gasteiger partial charge in [0, 0.05) is 5.56 Å². The van der Waals surface area contributed by atoms with Gasteiger partial charge in [0.1, 0.15) is 24.2 Å². The molecule has 0 unspecified atom stereocenters. The van der Waals surface area contributed by atoms with Crippen LogP contribution in [0.15, 0.2) is 78.9 Å². The Hall–Kier alpha value is -3.47. The predicted molar refractivity (Wildman–Crippen MR) is 102 cm³/mol. The van der Waals surface area contributed by atoms with Gasteiger partial charge in [-0.1, -0.05) is 36.4 Å². The van der Waals surface area contributed by atoms with Crippen molar-refractivity contribution in [2.24, 2.45) is 0 Å². The van der Waals surface area contributed by atoms with Crippen LogP contribution in [0, 0.1) is 0 Å². The number of benzene rings is 3. The second-order valence-corrected chi connectivity index (χ2v) is 6.15. The van der Waals surface area contributed by atoms with E-state index in [2.05, 4.69) is 5.32 Å². The summed E-state index contributed by atoms with van der Waals surface area (Å²) in [5, 5.41) is 2.89. The van der Waals surface area contributed by atoms with E-state index in [0.29, 0.717) is 30.2 Å². The molecular weight excluding hydrogens is 342 g/mol. The first-order chi connectivity index (χ1) is 13.3. The second kappa shape index (κ2) is 7.83. The molecule has 3 aromatic carbocycles. The Kier molecular flexibility index (Phi) is 4.92. The van der Waals surface area contributed by atoms with Gasteiger partial charge in [0.25, 0.3) is 5.91 Å². The molecule has 1 aliphatic rings. The van der Waals surface area contributed by atoms with Crippen LogP contribution in [0.4, 0.5) is 0 Å². The van der Waals surface area contributed by atoms with E-state index in [9.17, 15) is 4.79 Å². The Morgan fingerprint density at radius 1 is 0.926 bits per heavy atom. The van der Waals surface area contributed by atoms with Crippen LogP contribution >= 0.6 is 0 Å². The van der Waals surface area contributed by atoms with Crippen LogP contribution in [0.3, 0.4) is 0 Å². The maximum Gasteiger partial charge on any atom is 0.251 e. The highest BCUT2D eigenvalue weighted by Gasteiger charge is 2.21. The van der Waals surface area contributed by atoms with Crippen LogP contribution in [0.25, 0.3) is 0 Å². The molecule has 1 atom stereocenters. The Morgan fingerprint density at radius 3 is 2.52 bits per heavy atom. The molecule has 5 heteroatoms. The maximum absolute atomic E-state index is 12.5. The van der Waals surface area contributed by atoms with Gasteiger partial charge in [-0.3, -0.25) is 4.79 Å². The lowest BCUT2D eigenvalue weighted by Gasteiger charge is -2.26. The van der Waals surface area contributed by atoms with Crippen molar-refractivity contribution in [1.82, 2.24) is 5.32 Å². The molecule has 0 aliphatic carbocycles. The molecule has 0 saturated heterocycles. The first-order valence-corrected chi connectivity index (χ1v) is 8.77. The molecule has 27 heavy (non-hydrogen) atoms. The summed E-state index contributed by atoms with van der Waals surface area (Å²) in [6, 6.07) is 24.0. The third-order valence-corrected chi connectivity index (χ3v) is 4.13. The molecule has 3 aromatic rings. The molecule has 4 rings (SSSR count). The van der Waals surface area contributed by atoms with E-state index in [1.165, 1.54) is 0 Å². The monoisotopic (exact) mass is 361 g/mol. The molecule has 1 aliphatic heterocycles. The number of amides is 1. The van der Waals surface area contributed by atoms with E-state index in [0.717, 1.165) is 11.5 Å². The molecule has 136 valence electrons. The van der Waals surface area contributed by atoms with Crippen LogP contribution in [-0.2, 0) is 0 Å². The summed E-state index contributed by atoms with van der Waals surface area (Å²) in [6.45, 7) is 0.755. The first kappa shape index (κ1) is 17.0. The van der Waals surface area contributed by atoms with E-state index in [4.69, 9.17) is 14.2 Å². The number of carbonyl (C=O) groups excluding carboxylic acids is 1. The largest absolute Gasteiger partial charge is 0.486 e. The normalized spacial score (nSPS) is 15.0. The van der Waals surface area contributed by atoms with Gasteiger partial charge in [-0.2, -0.15) is 0 Å². The summed E-state index contributed by atoms with van der Waals surface area (Å²) in [6.07, 6.45) is -0.229.